The number of hydrogen-bond acceptors (Lipinski definition) is 4. The Hall–Kier alpha value is -3.12. The number of benzene rings is 2. The van der Waals surface area contributed by atoms with Crippen LogP contribution < -0.4 is 15.5 Å². The van der Waals surface area contributed by atoms with Crippen molar-refractivity contribution in [2.45, 2.75) is 19.6 Å². The van der Waals surface area contributed by atoms with Crippen LogP contribution in [0, 0.1) is 5.41 Å². The lowest BCUT2D eigenvalue weighted by Crippen LogP contribution is -2.31. The van der Waals surface area contributed by atoms with E-state index in [1.54, 1.807) is 22.9 Å². The monoisotopic (exact) mass is 351 g/mol. The van der Waals surface area contributed by atoms with E-state index in [4.69, 9.17) is 10.1 Å². The van der Waals surface area contributed by atoms with Crippen LogP contribution in [0.4, 0.5) is 5.69 Å². The van der Waals surface area contributed by atoms with Gasteiger partial charge in [-0.25, -0.2) is 0 Å². The average Bonchev–Trinajstić information content (AvgIpc) is 2.63. The van der Waals surface area contributed by atoms with Crippen LogP contribution in [0.5, 0.6) is 5.75 Å². The summed E-state index contributed by atoms with van der Waals surface area (Å²) in [5.74, 6) is 0.473. The third kappa shape index (κ3) is 4.10. The van der Waals surface area contributed by atoms with Crippen LogP contribution in [-0.4, -0.2) is 28.3 Å². The highest BCUT2D eigenvalue weighted by molar-refractivity contribution is 5.88. The molecule has 1 unspecified atom stereocenters. The number of ether oxygens (including phenoxy) is 1. The second kappa shape index (κ2) is 7.84. The van der Waals surface area contributed by atoms with E-state index in [1.807, 2.05) is 42.5 Å². The van der Waals surface area contributed by atoms with Crippen LogP contribution in [0.3, 0.4) is 0 Å². The van der Waals surface area contributed by atoms with Gasteiger partial charge in [0.05, 0.1) is 12.2 Å². The van der Waals surface area contributed by atoms with Gasteiger partial charge in [0.25, 0.3) is 0 Å². The van der Waals surface area contributed by atoms with Crippen molar-refractivity contribution in [3.8, 4) is 5.75 Å². The first-order valence-electron chi connectivity index (χ1n) is 8.35. The highest BCUT2D eigenvalue weighted by atomic mass is 16.5. The summed E-state index contributed by atoms with van der Waals surface area (Å²) in [5, 5.41) is 23.1. The number of anilines is 1. The van der Waals surface area contributed by atoms with Crippen molar-refractivity contribution in [2.75, 3.05) is 11.9 Å². The first-order chi connectivity index (χ1) is 12.5. The number of nitrogens with one attached hydrogen (secondary N) is 2. The van der Waals surface area contributed by atoms with Crippen LogP contribution in [-0.2, 0) is 11.3 Å². The average molecular weight is 351 g/mol. The fourth-order valence-corrected chi connectivity index (χ4v) is 2.78. The largest absolute Gasteiger partial charge is 0.490 e. The molecular weight excluding hydrogens is 330 g/mol. The molecule has 0 aliphatic carbocycles. The van der Waals surface area contributed by atoms with Gasteiger partial charge in [-0.05, 0) is 23.6 Å². The molecule has 0 radical (unpaired) electrons. The Labute approximate surface area is 151 Å². The van der Waals surface area contributed by atoms with Gasteiger partial charge >= 0.3 is 0 Å². The Morgan fingerprint density at radius 1 is 1.19 bits per heavy atom. The molecule has 26 heavy (non-hydrogen) atoms. The summed E-state index contributed by atoms with van der Waals surface area (Å²) in [5.41, 5.74) is 0.536. The predicted molar refractivity (Wildman–Crippen MR) is 100 cm³/mol. The number of carbonyl (C=O) groups is 1. The van der Waals surface area contributed by atoms with E-state index >= 15 is 0 Å². The first kappa shape index (κ1) is 17.7. The summed E-state index contributed by atoms with van der Waals surface area (Å²) in [6.45, 7) is 1.69. The molecular formula is C20H21N3O3. The minimum Gasteiger partial charge on any atom is -0.490 e. The Balaban J connectivity index is 1.69. The van der Waals surface area contributed by atoms with Gasteiger partial charge < -0.3 is 19.7 Å². The second-order valence-electron chi connectivity index (χ2n) is 6.05. The van der Waals surface area contributed by atoms with E-state index in [-0.39, 0.29) is 24.5 Å². The Bertz CT molecular complexity index is 976. The Kier molecular flexibility index (Phi) is 5.34. The second-order valence-corrected chi connectivity index (χ2v) is 6.05. The van der Waals surface area contributed by atoms with Crippen molar-refractivity contribution >= 4 is 22.4 Å². The molecule has 0 saturated carbocycles. The summed E-state index contributed by atoms with van der Waals surface area (Å²) in [7, 11) is 0. The normalized spacial score (nSPS) is 11.9. The lowest BCUT2D eigenvalue weighted by molar-refractivity contribution is -0.114. The van der Waals surface area contributed by atoms with E-state index in [0.29, 0.717) is 11.4 Å². The zero-order chi connectivity index (χ0) is 18.5. The third-order valence-corrected chi connectivity index (χ3v) is 3.97. The number of amides is 1. The first-order valence-corrected chi connectivity index (χ1v) is 8.35. The highest BCUT2D eigenvalue weighted by Crippen LogP contribution is 2.25. The zero-order valence-electron chi connectivity index (χ0n) is 14.5. The highest BCUT2D eigenvalue weighted by Gasteiger charge is 2.10. The summed E-state index contributed by atoms with van der Waals surface area (Å²) in [4.78, 5) is 11.2. The molecule has 3 aromatic rings. The van der Waals surface area contributed by atoms with Gasteiger partial charge in [-0.1, -0.05) is 36.4 Å². The minimum atomic E-state index is -0.796. The maximum Gasteiger partial charge on any atom is 0.221 e. The van der Waals surface area contributed by atoms with Crippen LogP contribution in [0.15, 0.2) is 60.8 Å². The maximum atomic E-state index is 11.2. The molecule has 1 atom stereocenters. The number of pyridine rings is 1. The molecule has 0 aliphatic heterocycles. The van der Waals surface area contributed by atoms with E-state index in [2.05, 4.69) is 5.32 Å². The van der Waals surface area contributed by atoms with Crippen molar-refractivity contribution in [1.82, 2.24) is 4.57 Å². The minimum absolute atomic E-state index is 0.102. The fraction of sp³-hybridized carbons (Fsp3) is 0.200. The molecule has 0 saturated heterocycles. The summed E-state index contributed by atoms with van der Waals surface area (Å²) >= 11 is 0. The Morgan fingerprint density at radius 3 is 2.77 bits per heavy atom. The fourth-order valence-electron chi connectivity index (χ4n) is 2.78. The third-order valence-electron chi connectivity index (χ3n) is 3.97. The van der Waals surface area contributed by atoms with Crippen molar-refractivity contribution in [2.24, 2.45) is 0 Å². The molecule has 3 N–H and O–H groups in total. The van der Waals surface area contributed by atoms with E-state index in [9.17, 15) is 9.90 Å². The molecule has 0 spiro atoms. The van der Waals surface area contributed by atoms with Gasteiger partial charge in [0.15, 0.2) is 0 Å². The van der Waals surface area contributed by atoms with Gasteiger partial charge in [-0.3, -0.25) is 10.2 Å². The molecule has 1 amide bonds. The van der Waals surface area contributed by atoms with Crippen LogP contribution in [0.1, 0.15) is 6.92 Å². The number of aliphatic hydroxyl groups excluding tert-OH is 1. The number of aromatic nitrogens is 1. The molecule has 1 heterocycles. The quantitative estimate of drug-likeness (QED) is 0.638. The Morgan fingerprint density at radius 2 is 1.96 bits per heavy atom. The number of rotatable bonds is 6. The van der Waals surface area contributed by atoms with Crippen LogP contribution in [0.25, 0.3) is 10.8 Å². The summed E-state index contributed by atoms with van der Waals surface area (Å²) in [6.07, 6.45) is 0.894. The SMILES string of the molecule is CC(=O)Nc1cccn(CC(O)COc2cccc3ccccc23)c1=N. The number of fused-ring (bicyclic) bond motifs is 1. The van der Waals surface area contributed by atoms with E-state index in [1.165, 1.54) is 6.92 Å². The number of aliphatic hydroxyl groups is 1. The van der Waals surface area contributed by atoms with Gasteiger partial charge in [0, 0.05) is 18.5 Å². The molecule has 6 heteroatoms. The van der Waals surface area contributed by atoms with Crippen LogP contribution in [0.2, 0.25) is 0 Å². The lowest BCUT2D eigenvalue weighted by Gasteiger charge is -2.16. The van der Waals surface area contributed by atoms with Crippen LogP contribution >= 0.6 is 0 Å². The van der Waals surface area contributed by atoms with Crippen molar-refractivity contribution in [3.63, 3.8) is 0 Å². The molecule has 2 aromatic carbocycles. The molecule has 134 valence electrons. The molecule has 0 aliphatic rings. The summed E-state index contributed by atoms with van der Waals surface area (Å²) in [6, 6.07) is 17.1. The topological polar surface area (TPSA) is 87.3 Å². The van der Waals surface area contributed by atoms with Gasteiger partial charge in [0.2, 0.25) is 5.91 Å². The van der Waals surface area contributed by atoms with E-state index in [0.717, 1.165) is 10.8 Å². The maximum absolute atomic E-state index is 11.2. The standard InChI is InChI=1S/C20H21N3O3/c1-14(24)22-18-9-5-11-23(20(18)21)12-16(25)13-26-19-10-4-7-15-6-2-3-8-17(15)19/h2-11,16,21,25H,12-13H2,1H3,(H,22,24). The number of nitrogens with zero attached hydrogens (tertiary/aromatic N) is 1. The molecule has 6 nitrogen and oxygen atoms in total. The van der Waals surface area contributed by atoms with Gasteiger partial charge in [0.1, 0.15) is 23.9 Å². The molecule has 1 aromatic heterocycles. The smallest absolute Gasteiger partial charge is 0.221 e. The molecule has 0 bridgehead atoms. The van der Waals surface area contributed by atoms with Gasteiger partial charge in [-0.15, -0.1) is 0 Å². The number of hydrogen-bond donors (Lipinski definition) is 3. The molecule has 0 fully saturated rings. The van der Waals surface area contributed by atoms with Crippen molar-refractivity contribution in [3.05, 3.63) is 66.3 Å². The van der Waals surface area contributed by atoms with E-state index < -0.39 is 6.10 Å². The molecule has 3 rings (SSSR count). The predicted octanol–water partition coefficient (Wildman–Crippen LogP) is 2.52. The lowest BCUT2D eigenvalue weighted by atomic mass is 10.1. The van der Waals surface area contributed by atoms with Gasteiger partial charge in [-0.2, -0.15) is 0 Å². The van der Waals surface area contributed by atoms with Crippen molar-refractivity contribution < 1.29 is 14.6 Å². The zero-order valence-corrected chi connectivity index (χ0v) is 14.5. The van der Waals surface area contributed by atoms with Crippen molar-refractivity contribution in [1.29, 1.82) is 5.41 Å². The summed E-state index contributed by atoms with van der Waals surface area (Å²) < 4.78 is 7.37. The number of carbonyl (C=O) groups excluding carboxylic acids is 1.